The third kappa shape index (κ3) is 3.17. The molecular weight excluding hydrogens is 278 g/mol. The average molecular weight is 293 g/mol. The fourth-order valence-corrected chi connectivity index (χ4v) is 2.77. The molecule has 0 aliphatic heterocycles. The number of hydrogen-bond acceptors (Lipinski definition) is 5. The summed E-state index contributed by atoms with van der Waals surface area (Å²) in [4.78, 5) is 14.6. The molecule has 0 radical (unpaired) electrons. The zero-order valence-electron chi connectivity index (χ0n) is 11.0. The number of hydrogen-bond donors (Lipinski definition) is 1. The van der Waals surface area contributed by atoms with Crippen LogP contribution < -0.4 is 0 Å². The van der Waals surface area contributed by atoms with Gasteiger partial charge in [0.05, 0.1) is 13.2 Å². The minimum Gasteiger partial charge on any atom is -0.396 e. The van der Waals surface area contributed by atoms with E-state index >= 15 is 0 Å². The van der Waals surface area contributed by atoms with Crippen LogP contribution in [-0.2, 0) is 6.54 Å². The number of rotatable bonds is 6. The van der Waals surface area contributed by atoms with Crippen LogP contribution in [0.4, 0.5) is 5.82 Å². The van der Waals surface area contributed by atoms with E-state index in [1.165, 1.54) is 11.8 Å². The number of nitrogens with zero attached hydrogens (tertiary/aromatic N) is 3. The summed E-state index contributed by atoms with van der Waals surface area (Å²) in [6.07, 6.45) is 0. The van der Waals surface area contributed by atoms with Crippen molar-refractivity contribution in [3.8, 4) is 0 Å². The molecule has 0 saturated heterocycles. The Hall–Kier alpha value is -1.86. The number of nitro groups is 1. The highest BCUT2D eigenvalue weighted by atomic mass is 32.2. The summed E-state index contributed by atoms with van der Waals surface area (Å²) < 4.78 is 1.81. The van der Waals surface area contributed by atoms with Gasteiger partial charge in [-0.2, -0.15) is 0 Å². The summed E-state index contributed by atoms with van der Waals surface area (Å²) in [5, 5.41) is 20.5. The van der Waals surface area contributed by atoms with Crippen LogP contribution in [0.15, 0.2) is 35.4 Å². The Bertz CT molecular complexity index is 598. The van der Waals surface area contributed by atoms with Gasteiger partial charge in [-0.25, -0.2) is 0 Å². The smallest absolute Gasteiger partial charge is 0.396 e. The summed E-state index contributed by atoms with van der Waals surface area (Å²) in [6.45, 7) is 2.25. The maximum atomic E-state index is 11.1. The third-order valence-electron chi connectivity index (χ3n) is 2.78. The SMILES string of the molecule is Cc1nc([N+](=O)[O-])c(SCCO)n1Cc1ccccc1. The fraction of sp³-hybridized carbons (Fsp3) is 0.308. The zero-order chi connectivity index (χ0) is 14.5. The van der Waals surface area contributed by atoms with Crippen LogP contribution in [0.25, 0.3) is 0 Å². The molecule has 0 aliphatic rings. The van der Waals surface area contributed by atoms with E-state index in [-0.39, 0.29) is 12.4 Å². The van der Waals surface area contributed by atoms with Gasteiger partial charge in [0.2, 0.25) is 5.82 Å². The molecule has 0 saturated carbocycles. The highest BCUT2D eigenvalue weighted by Gasteiger charge is 2.25. The van der Waals surface area contributed by atoms with E-state index in [1.54, 1.807) is 6.92 Å². The van der Waals surface area contributed by atoms with Crippen molar-refractivity contribution >= 4 is 17.6 Å². The Labute approximate surface area is 120 Å². The van der Waals surface area contributed by atoms with Crippen molar-refractivity contribution in [1.82, 2.24) is 9.55 Å². The maximum absolute atomic E-state index is 11.1. The topological polar surface area (TPSA) is 81.2 Å². The van der Waals surface area contributed by atoms with E-state index in [0.29, 0.717) is 23.1 Å². The maximum Gasteiger partial charge on any atom is 0.396 e. The average Bonchev–Trinajstić information content (AvgIpc) is 2.75. The van der Waals surface area contributed by atoms with Gasteiger partial charge in [0.1, 0.15) is 0 Å². The standard InChI is InChI=1S/C13H15N3O3S/c1-10-14-12(16(18)19)13(20-8-7-17)15(10)9-11-5-3-2-4-6-11/h2-6,17H,7-9H2,1H3. The monoisotopic (exact) mass is 293 g/mol. The number of thioether (sulfide) groups is 1. The summed E-state index contributed by atoms with van der Waals surface area (Å²) >= 11 is 1.25. The largest absolute Gasteiger partial charge is 0.396 e. The van der Waals surface area contributed by atoms with Crippen molar-refractivity contribution in [2.24, 2.45) is 0 Å². The quantitative estimate of drug-likeness (QED) is 0.502. The second-order valence-corrected chi connectivity index (χ2v) is 5.27. The highest BCUT2D eigenvalue weighted by molar-refractivity contribution is 7.99. The number of aromatic nitrogens is 2. The molecule has 20 heavy (non-hydrogen) atoms. The number of aliphatic hydroxyl groups is 1. The van der Waals surface area contributed by atoms with E-state index in [9.17, 15) is 10.1 Å². The lowest BCUT2D eigenvalue weighted by molar-refractivity contribution is -0.392. The van der Waals surface area contributed by atoms with Gasteiger partial charge < -0.3 is 15.2 Å². The molecular formula is C13H15N3O3S. The number of benzene rings is 1. The summed E-state index contributed by atoms with van der Waals surface area (Å²) in [5.41, 5.74) is 1.05. The first-order chi connectivity index (χ1) is 9.63. The van der Waals surface area contributed by atoms with Crippen LogP contribution >= 0.6 is 11.8 Å². The lowest BCUT2D eigenvalue weighted by Crippen LogP contribution is -2.04. The Balaban J connectivity index is 2.37. The highest BCUT2D eigenvalue weighted by Crippen LogP contribution is 2.30. The van der Waals surface area contributed by atoms with E-state index in [4.69, 9.17) is 5.11 Å². The van der Waals surface area contributed by atoms with Crippen LogP contribution in [0.1, 0.15) is 11.4 Å². The summed E-state index contributed by atoms with van der Waals surface area (Å²) in [7, 11) is 0. The Kier molecular flexibility index (Phi) is 4.75. The number of aliphatic hydroxyl groups excluding tert-OH is 1. The lowest BCUT2D eigenvalue weighted by Gasteiger charge is -2.07. The molecule has 1 heterocycles. The second-order valence-electron chi connectivity index (χ2n) is 4.19. The van der Waals surface area contributed by atoms with Crippen molar-refractivity contribution in [3.05, 3.63) is 51.8 Å². The molecule has 7 heteroatoms. The molecule has 0 aliphatic carbocycles. The Morgan fingerprint density at radius 2 is 2.10 bits per heavy atom. The molecule has 0 atom stereocenters. The van der Waals surface area contributed by atoms with Crippen LogP contribution in [-0.4, -0.2) is 31.9 Å². The minimum absolute atomic E-state index is 0.0304. The molecule has 1 aromatic heterocycles. The van der Waals surface area contributed by atoms with Crippen LogP contribution in [0, 0.1) is 17.0 Å². The van der Waals surface area contributed by atoms with Crippen molar-refractivity contribution in [1.29, 1.82) is 0 Å². The molecule has 0 amide bonds. The molecule has 2 aromatic rings. The Morgan fingerprint density at radius 1 is 1.40 bits per heavy atom. The van der Waals surface area contributed by atoms with Crippen LogP contribution in [0.3, 0.4) is 0 Å². The molecule has 106 valence electrons. The van der Waals surface area contributed by atoms with E-state index in [1.807, 2.05) is 34.9 Å². The van der Waals surface area contributed by atoms with E-state index in [2.05, 4.69) is 4.98 Å². The predicted octanol–water partition coefficient (Wildman–Crippen LogP) is 2.23. The van der Waals surface area contributed by atoms with Crippen molar-refractivity contribution in [2.75, 3.05) is 12.4 Å². The zero-order valence-corrected chi connectivity index (χ0v) is 11.8. The van der Waals surface area contributed by atoms with Gasteiger partial charge in [0.15, 0.2) is 5.03 Å². The molecule has 1 N–H and O–H groups in total. The van der Waals surface area contributed by atoms with E-state index < -0.39 is 4.92 Å². The van der Waals surface area contributed by atoms with Gasteiger partial charge in [-0.1, -0.05) is 42.1 Å². The molecule has 1 aromatic carbocycles. The fourth-order valence-electron chi connectivity index (χ4n) is 1.89. The normalized spacial score (nSPS) is 10.7. The van der Waals surface area contributed by atoms with Gasteiger partial charge in [-0.05, 0) is 15.5 Å². The van der Waals surface area contributed by atoms with Crippen LogP contribution in [0.2, 0.25) is 0 Å². The van der Waals surface area contributed by atoms with Gasteiger partial charge in [-0.3, -0.25) is 4.57 Å². The molecule has 0 spiro atoms. The summed E-state index contributed by atoms with van der Waals surface area (Å²) in [6, 6.07) is 9.71. The first kappa shape index (κ1) is 14.5. The van der Waals surface area contributed by atoms with Gasteiger partial charge in [0.25, 0.3) is 0 Å². The second kappa shape index (κ2) is 6.53. The summed E-state index contributed by atoms with van der Waals surface area (Å²) in [5.74, 6) is 0.860. The van der Waals surface area contributed by atoms with Crippen molar-refractivity contribution in [3.63, 3.8) is 0 Å². The Morgan fingerprint density at radius 3 is 2.70 bits per heavy atom. The van der Waals surface area contributed by atoms with E-state index in [0.717, 1.165) is 5.56 Å². The predicted molar refractivity (Wildman–Crippen MR) is 77.0 cm³/mol. The first-order valence-corrected chi connectivity index (χ1v) is 7.11. The molecule has 2 rings (SSSR count). The molecule has 0 fully saturated rings. The molecule has 0 bridgehead atoms. The molecule has 6 nitrogen and oxygen atoms in total. The molecule has 0 unspecified atom stereocenters. The number of aryl methyl sites for hydroxylation is 1. The van der Waals surface area contributed by atoms with Crippen molar-refractivity contribution < 1.29 is 10.0 Å². The van der Waals surface area contributed by atoms with Crippen molar-refractivity contribution in [2.45, 2.75) is 18.5 Å². The minimum atomic E-state index is -0.478. The number of imidazole rings is 1. The van der Waals surface area contributed by atoms with Gasteiger partial charge in [0, 0.05) is 12.7 Å². The lowest BCUT2D eigenvalue weighted by atomic mass is 10.2. The third-order valence-corrected chi connectivity index (χ3v) is 3.84. The van der Waals surface area contributed by atoms with Gasteiger partial charge in [-0.15, -0.1) is 0 Å². The van der Waals surface area contributed by atoms with Gasteiger partial charge >= 0.3 is 5.82 Å². The first-order valence-electron chi connectivity index (χ1n) is 6.12. The van der Waals surface area contributed by atoms with Crippen LogP contribution in [0.5, 0.6) is 0 Å².